The highest BCUT2D eigenvalue weighted by Gasteiger charge is 2.04. The van der Waals surface area contributed by atoms with Crippen LogP contribution < -0.4 is 5.73 Å². The molecule has 1 rings (SSSR count). The molecule has 1 atom stereocenters. The zero-order chi connectivity index (χ0) is 9.68. The second kappa shape index (κ2) is 4.42. The minimum absolute atomic E-state index is 0.228. The van der Waals surface area contributed by atoms with E-state index in [0.717, 1.165) is 11.1 Å². The Morgan fingerprint density at radius 2 is 2.15 bits per heavy atom. The van der Waals surface area contributed by atoms with Gasteiger partial charge < -0.3 is 10.9 Å². The van der Waals surface area contributed by atoms with Gasteiger partial charge in [0.05, 0.1) is 6.21 Å². The van der Waals surface area contributed by atoms with Gasteiger partial charge in [-0.2, -0.15) is 0 Å². The second-order valence-corrected chi connectivity index (χ2v) is 2.63. The summed E-state index contributed by atoms with van der Waals surface area (Å²) in [5.74, 6) is 0. The number of rotatable bonds is 3. The Morgan fingerprint density at radius 3 is 2.77 bits per heavy atom. The van der Waals surface area contributed by atoms with Gasteiger partial charge in [0.1, 0.15) is 0 Å². The van der Waals surface area contributed by atoms with Crippen LogP contribution >= 0.6 is 0 Å². The molecular formula is C10H12N2O. The predicted octanol–water partition coefficient (Wildman–Crippen LogP) is 1.68. The normalized spacial score (nSPS) is 13.0. The Morgan fingerprint density at radius 1 is 1.46 bits per heavy atom. The van der Waals surface area contributed by atoms with E-state index in [1.54, 1.807) is 6.08 Å². The third-order valence-electron chi connectivity index (χ3n) is 1.81. The average molecular weight is 176 g/mol. The summed E-state index contributed by atoms with van der Waals surface area (Å²) in [6.07, 6.45) is 3.00. The van der Waals surface area contributed by atoms with Gasteiger partial charge in [0.2, 0.25) is 0 Å². The van der Waals surface area contributed by atoms with Gasteiger partial charge in [-0.1, -0.05) is 35.5 Å². The lowest BCUT2D eigenvalue weighted by atomic mass is 10.0. The molecule has 0 aliphatic rings. The average Bonchev–Trinajstić information content (AvgIpc) is 2.18. The van der Waals surface area contributed by atoms with E-state index in [0.29, 0.717) is 0 Å². The van der Waals surface area contributed by atoms with Gasteiger partial charge in [-0.15, -0.1) is 6.58 Å². The molecule has 0 amide bonds. The minimum atomic E-state index is -0.228. The van der Waals surface area contributed by atoms with Gasteiger partial charge in [-0.05, 0) is 5.56 Å². The first-order valence-corrected chi connectivity index (χ1v) is 3.94. The Kier molecular flexibility index (Phi) is 3.23. The van der Waals surface area contributed by atoms with Crippen molar-refractivity contribution >= 4 is 6.21 Å². The molecule has 68 valence electrons. The summed E-state index contributed by atoms with van der Waals surface area (Å²) in [6.45, 7) is 3.61. The molecule has 0 aliphatic carbocycles. The molecule has 0 bridgehead atoms. The van der Waals surface area contributed by atoms with Gasteiger partial charge in [-0.3, -0.25) is 0 Å². The van der Waals surface area contributed by atoms with Crippen LogP contribution in [0.15, 0.2) is 42.1 Å². The summed E-state index contributed by atoms with van der Waals surface area (Å²) in [6, 6.07) is 7.22. The largest absolute Gasteiger partial charge is 0.411 e. The lowest BCUT2D eigenvalue weighted by molar-refractivity contribution is 0.322. The zero-order valence-electron chi connectivity index (χ0n) is 7.22. The van der Waals surface area contributed by atoms with E-state index in [1.807, 2.05) is 24.3 Å². The third kappa shape index (κ3) is 2.16. The maximum absolute atomic E-state index is 8.40. The number of benzene rings is 1. The Hall–Kier alpha value is -1.61. The fourth-order valence-corrected chi connectivity index (χ4v) is 1.12. The van der Waals surface area contributed by atoms with Crippen LogP contribution in [-0.2, 0) is 0 Å². The predicted molar refractivity (Wildman–Crippen MR) is 52.9 cm³/mol. The van der Waals surface area contributed by atoms with Crippen molar-refractivity contribution in [1.29, 1.82) is 0 Å². The van der Waals surface area contributed by atoms with Crippen molar-refractivity contribution in [2.45, 2.75) is 6.04 Å². The summed E-state index contributed by atoms with van der Waals surface area (Å²) in [5.41, 5.74) is 7.47. The van der Waals surface area contributed by atoms with Crippen LogP contribution in [0.1, 0.15) is 17.2 Å². The molecule has 0 aromatic heterocycles. The maximum atomic E-state index is 8.40. The molecule has 0 fully saturated rings. The summed E-state index contributed by atoms with van der Waals surface area (Å²) in [5, 5.41) is 11.4. The molecule has 1 aromatic carbocycles. The van der Waals surface area contributed by atoms with E-state index < -0.39 is 0 Å². The molecule has 0 saturated carbocycles. The van der Waals surface area contributed by atoms with E-state index in [1.165, 1.54) is 6.21 Å². The third-order valence-corrected chi connectivity index (χ3v) is 1.81. The number of nitrogens with two attached hydrogens (primary N) is 1. The Bertz CT molecular complexity index is 320. The number of hydrogen-bond acceptors (Lipinski definition) is 3. The minimum Gasteiger partial charge on any atom is -0.411 e. The maximum Gasteiger partial charge on any atom is 0.0737 e. The molecule has 1 unspecified atom stereocenters. The van der Waals surface area contributed by atoms with Gasteiger partial charge >= 0.3 is 0 Å². The molecule has 13 heavy (non-hydrogen) atoms. The van der Waals surface area contributed by atoms with Crippen molar-refractivity contribution in [3.8, 4) is 0 Å². The molecular weight excluding hydrogens is 164 g/mol. The molecule has 3 nitrogen and oxygen atoms in total. The van der Waals surface area contributed by atoms with Crippen molar-refractivity contribution in [2.24, 2.45) is 10.9 Å². The van der Waals surface area contributed by atoms with E-state index in [-0.39, 0.29) is 6.04 Å². The molecule has 1 aromatic rings. The highest BCUT2D eigenvalue weighted by atomic mass is 16.4. The van der Waals surface area contributed by atoms with Gasteiger partial charge in [0.25, 0.3) is 0 Å². The monoisotopic (exact) mass is 176 g/mol. The van der Waals surface area contributed by atoms with Crippen LogP contribution in [0, 0.1) is 0 Å². The van der Waals surface area contributed by atoms with E-state index in [4.69, 9.17) is 10.9 Å². The molecule has 0 radical (unpaired) electrons. The van der Waals surface area contributed by atoms with Crippen molar-refractivity contribution in [2.75, 3.05) is 0 Å². The van der Waals surface area contributed by atoms with Crippen molar-refractivity contribution in [3.63, 3.8) is 0 Å². The van der Waals surface area contributed by atoms with Crippen LogP contribution in [0.4, 0.5) is 0 Å². The number of oxime groups is 1. The molecule has 0 spiro atoms. The molecule has 3 N–H and O–H groups in total. The van der Waals surface area contributed by atoms with Crippen LogP contribution in [0.3, 0.4) is 0 Å². The van der Waals surface area contributed by atoms with Gasteiger partial charge in [0, 0.05) is 11.6 Å². The van der Waals surface area contributed by atoms with E-state index in [2.05, 4.69) is 11.7 Å². The standard InChI is InChI=1S/C10H12N2O/c1-2-10(11)9-6-4-3-5-8(9)7-12-13/h2-7,10,13H,1,11H2/b12-7-. The SMILES string of the molecule is C=CC(N)c1ccccc1/C=N\O. The van der Waals surface area contributed by atoms with E-state index in [9.17, 15) is 0 Å². The fraction of sp³-hybridized carbons (Fsp3) is 0.100. The lowest BCUT2D eigenvalue weighted by Crippen LogP contribution is -2.09. The summed E-state index contributed by atoms with van der Waals surface area (Å²) in [4.78, 5) is 0. The number of hydrogen-bond donors (Lipinski definition) is 2. The van der Waals surface area contributed by atoms with E-state index >= 15 is 0 Å². The summed E-state index contributed by atoms with van der Waals surface area (Å²) >= 11 is 0. The molecule has 0 aliphatic heterocycles. The summed E-state index contributed by atoms with van der Waals surface area (Å²) in [7, 11) is 0. The van der Waals surface area contributed by atoms with Crippen molar-refractivity contribution < 1.29 is 5.21 Å². The smallest absolute Gasteiger partial charge is 0.0737 e. The fourth-order valence-electron chi connectivity index (χ4n) is 1.12. The van der Waals surface area contributed by atoms with Crippen LogP contribution in [0.5, 0.6) is 0 Å². The zero-order valence-corrected chi connectivity index (χ0v) is 7.22. The van der Waals surface area contributed by atoms with Crippen LogP contribution in [0.25, 0.3) is 0 Å². The highest BCUT2D eigenvalue weighted by molar-refractivity contribution is 5.81. The first-order chi connectivity index (χ1) is 6.29. The molecule has 0 heterocycles. The highest BCUT2D eigenvalue weighted by Crippen LogP contribution is 2.14. The van der Waals surface area contributed by atoms with Gasteiger partial charge in [0.15, 0.2) is 0 Å². The van der Waals surface area contributed by atoms with Gasteiger partial charge in [-0.25, -0.2) is 0 Å². The molecule has 0 saturated heterocycles. The second-order valence-electron chi connectivity index (χ2n) is 2.63. The quantitative estimate of drug-likeness (QED) is 0.318. The lowest BCUT2D eigenvalue weighted by Gasteiger charge is -2.08. The first-order valence-electron chi connectivity index (χ1n) is 3.94. The summed E-state index contributed by atoms with van der Waals surface area (Å²) < 4.78 is 0. The topological polar surface area (TPSA) is 58.6 Å². The van der Waals surface area contributed by atoms with Crippen LogP contribution in [-0.4, -0.2) is 11.4 Å². The van der Waals surface area contributed by atoms with Crippen molar-refractivity contribution in [1.82, 2.24) is 0 Å². The Balaban J connectivity index is 3.10. The Labute approximate surface area is 77.2 Å². The number of nitrogens with zero attached hydrogens (tertiary/aromatic N) is 1. The molecule has 3 heteroatoms. The van der Waals surface area contributed by atoms with Crippen molar-refractivity contribution in [3.05, 3.63) is 48.0 Å². The first kappa shape index (κ1) is 9.48. The van der Waals surface area contributed by atoms with Crippen LogP contribution in [0.2, 0.25) is 0 Å².